The first-order valence-electron chi connectivity index (χ1n) is 11.5. The molecule has 3 aromatic rings. The minimum absolute atomic E-state index is 0.191. The van der Waals surface area contributed by atoms with Crippen molar-refractivity contribution in [1.29, 1.82) is 0 Å². The Morgan fingerprint density at radius 2 is 1.53 bits per heavy atom. The number of esters is 1. The molecule has 0 radical (unpaired) electrons. The minimum Gasteiger partial charge on any atom is -0.448 e. The maximum Gasteiger partial charge on any atom is 0.349 e. The number of carbonyl (C=O) groups is 2. The van der Waals surface area contributed by atoms with Gasteiger partial charge in [-0.15, -0.1) is 11.3 Å². The number of ether oxygens (including phenoxy) is 1. The smallest absolute Gasteiger partial charge is 0.349 e. The highest BCUT2D eigenvalue weighted by Crippen LogP contribution is 2.37. The summed E-state index contributed by atoms with van der Waals surface area (Å²) in [6, 6.07) is 18.0. The summed E-state index contributed by atoms with van der Waals surface area (Å²) in [4.78, 5) is 30.5. The summed E-state index contributed by atoms with van der Waals surface area (Å²) in [6.07, 6.45) is 5.73. The predicted octanol–water partition coefficient (Wildman–Crippen LogP) is 6.03. The Hall–Kier alpha value is -2.92. The number of thiophene rings is 1. The molecule has 1 aliphatic heterocycles. The maximum absolute atomic E-state index is 13.8. The van der Waals surface area contributed by atoms with E-state index in [0.29, 0.717) is 11.3 Å². The SMILES string of the molecule is CCC(OC(=O)c1cc2c(s1)CCCC2)C(=O)N1c2ccccc2CCc2ccccc21. The van der Waals surface area contributed by atoms with E-state index in [-0.39, 0.29) is 11.9 Å². The van der Waals surface area contributed by atoms with Gasteiger partial charge in [0.2, 0.25) is 0 Å². The maximum atomic E-state index is 13.8. The van der Waals surface area contributed by atoms with Gasteiger partial charge in [-0.3, -0.25) is 9.69 Å². The fourth-order valence-electron chi connectivity index (χ4n) is 4.75. The van der Waals surface area contributed by atoms with Gasteiger partial charge in [-0.1, -0.05) is 43.3 Å². The summed E-state index contributed by atoms with van der Waals surface area (Å²) in [6.45, 7) is 1.89. The van der Waals surface area contributed by atoms with Crippen molar-refractivity contribution in [3.8, 4) is 0 Å². The van der Waals surface area contributed by atoms with Crippen LogP contribution in [-0.2, 0) is 35.2 Å². The second-order valence-corrected chi connectivity index (χ2v) is 9.64. The quantitative estimate of drug-likeness (QED) is 0.461. The number of hydrogen-bond acceptors (Lipinski definition) is 4. The van der Waals surface area contributed by atoms with Crippen molar-refractivity contribution in [2.45, 2.75) is 58.0 Å². The molecule has 5 heteroatoms. The molecule has 32 heavy (non-hydrogen) atoms. The highest BCUT2D eigenvalue weighted by molar-refractivity contribution is 7.14. The third-order valence-corrected chi connectivity index (χ3v) is 7.66. The van der Waals surface area contributed by atoms with E-state index < -0.39 is 6.10 Å². The summed E-state index contributed by atoms with van der Waals surface area (Å²) in [7, 11) is 0. The van der Waals surface area contributed by atoms with Gasteiger partial charge < -0.3 is 4.74 Å². The molecule has 164 valence electrons. The lowest BCUT2D eigenvalue weighted by molar-refractivity contribution is -0.126. The summed E-state index contributed by atoms with van der Waals surface area (Å²) >= 11 is 1.52. The van der Waals surface area contributed by atoms with E-state index in [1.54, 1.807) is 4.90 Å². The summed E-state index contributed by atoms with van der Waals surface area (Å²) in [5, 5.41) is 0. The van der Waals surface area contributed by atoms with Gasteiger partial charge in [-0.2, -0.15) is 0 Å². The van der Waals surface area contributed by atoms with Crippen LogP contribution in [0.15, 0.2) is 54.6 Å². The first kappa shape index (κ1) is 21.0. The fourth-order valence-corrected chi connectivity index (χ4v) is 5.88. The lowest BCUT2D eigenvalue weighted by atomic mass is 9.99. The van der Waals surface area contributed by atoms with E-state index in [9.17, 15) is 9.59 Å². The fraction of sp³-hybridized carbons (Fsp3) is 0.333. The molecule has 1 unspecified atom stereocenters. The molecule has 0 N–H and O–H groups in total. The lowest BCUT2D eigenvalue weighted by Crippen LogP contribution is -2.39. The van der Waals surface area contributed by atoms with Gasteiger partial charge in [-0.25, -0.2) is 4.79 Å². The Morgan fingerprint density at radius 1 is 0.906 bits per heavy atom. The van der Waals surface area contributed by atoms with Crippen molar-refractivity contribution in [3.63, 3.8) is 0 Å². The van der Waals surface area contributed by atoms with Crippen molar-refractivity contribution in [2.75, 3.05) is 4.90 Å². The van der Waals surface area contributed by atoms with E-state index in [2.05, 4.69) is 12.1 Å². The van der Waals surface area contributed by atoms with Crippen molar-refractivity contribution in [2.24, 2.45) is 0 Å². The first-order valence-corrected chi connectivity index (χ1v) is 12.3. The zero-order valence-electron chi connectivity index (χ0n) is 18.3. The van der Waals surface area contributed by atoms with E-state index in [1.165, 1.54) is 34.6 Å². The molecule has 2 aliphatic rings. The predicted molar refractivity (Wildman–Crippen MR) is 128 cm³/mol. The number of amides is 1. The molecular weight excluding hydrogens is 418 g/mol. The Bertz CT molecular complexity index is 1090. The van der Waals surface area contributed by atoms with Crippen LogP contribution >= 0.6 is 11.3 Å². The number of rotatable bonds is 4. The standard InChI is InChI=1S/C27H27NO3S/c1-2-23(31-27(30)25-17-20-11-5-8-14-24(20)32-25)26(29)28-21-12-6-3-9-18(21)15-16-19-10-4-7-13-22(19)28/h3-4,6-7,9-10,12-13,17,23H,2,5,8,11,14-16H2,1H3. The molecule has 1 amide bonds. The molecule has 4 nitrogen and oxygen atoms in total. The van der Waals surface area contributed by atoms with Crippen LogP contribution in [0, 0.1) is 0 Å². The third-order valence-electron chi connectivity index (χ3n) is 6.44. The third kappa shape index (κ3) is 3.86. The van der Waals surface area contributed by atoms with Gasteiger partial charge in [0.1, 0.15) is 4.88 Å². The van der Waals surface area contributed by atoms with Crippen molar-refractivity contribution in [1.82, 2.24) is 0 Å². The minimum atomic E-state index is -0.833. The van der Waals surface area contributed by atoms with E-state index in [4.69, 9.17) is 4.74 Å². The van der Waals surface area contributed by atoms with E-state index >= 15 is 0 Å². The molecule has 5 rings (SSSR count). The van der Waals surface area contributed by atoms with Gasteiger partial charge in [0.05, 0.1) is 11.4 Å². The second kappa shape index (κ2) is 8.91. The van der Waals surface area contributed by atoms with Crippen LogP contribution in [0.25, 0.3) is 0 Å². The Kier molecular flexibility index (Phi) is 5.83. The van der Waals surface area contributed by atoms with Crippen molar-refractivity contribution < 1.29 is 14.3 Å². The van der Waals surface area contributed by atoms with Crippen LogP contribution in [0.5, 0.6) is 0 Å². The molecule has 2 heterocycles. The van der Waals surface area contributed by atoms with Crippen molar-refractivity contribution in [3.05, 3.63) is 81.0 Å². The van der Waals surface area contributed by atoms with Crippen LogP contribution in [0.3, 0.4) is 0 Å². The summed E-state index contributed by atoms with van der Waals surface area (Å²) in [5.74, 6) is -0.579. The van der Waals surface area contributed by atoms with Crippen LogP contribution in [0.1, 0.15) is 57.4 Å². The van der Waals surface area contributed by atoms with Crippen molar-refractivity contribution >= 4 is 34.6 Å². The molecule has 2 aromatic carbocycles. The molecule has 1 aromatic heterocycles. The number of hydrogen-bond donors (Lipinski definition) is 0. The Labute approximate surface area is 192 Å². The number of benzene rings is 2. The molecule has 1 atom stereocenters. The zero-order valence-corrected chi connectivity index (χ0v) is 19.1. The average Bonchev–Trinajstić information content (AvgIpc) is 3.19. The highest BCUT2D eigenvalue weighted by atomic mass is 32.1. The van der Waals surface area contributed by atoms with E-state index in [0.717, 1.165) is 48.2 Å². The van der Waals surface area contributed by atoms with E-state index in [1.807, 2.05) is 49.4 Å². The lowest BCUT2D eigenvalue weighted by Gasteiger charge is -2.28. The summed E-state index contributed by atoms with van der Waals surface area (Å²) in [5.41, 5.74) is 5.28. The second-order valence-electron chi connectivity index (χ2n) is 8.50. The number of carbonyl (C=O) groups excluding carboxylic acids is 2. The molecule has 0 saturated heterocycles. The van der Waals surface area contributed by atoms with Gasteiger partial charge in [0.25, 0.3) is 5.91 Å². The topological polar surface area (TPSA) is 46.6 Å². The molecule has 0 fully saturated rings. The van der Waals surface area contributed by atoms with Crippen LogP contribution < -0.4 is 4.90 Å². The number of nitrogens with zero attached hydrogens (tertiary/aromatic N) is 1. The first-order chi connectivity index (χ1) is 15.7. The summed E-state index contributed by atoms with van der Waals surface area (Å²) < 4.78 is 5.83. The number of fused-ring (bicyclic) bond motifs is 3. The van der Waals surface area contributed by atoms with Gasteiger partial charge in [0.15, 0.2) is 6.10 Å². The molecular formula is C27H27NO3S. The van der Waals surface area contributed by atoms with Gasteiger partial charge in [0, 0.05) is 4.88 Å². The van der Waals surface area contributed by atoms with Gasteiger partial charge >= 0.3 is 5.97 Å². The molecule has 0 saturated carbocycles. The van der Waals surface area contributed by atoms with Crippen LogP contribution in [0.2, 0.25) is 0 Å². The normalized spacial score (nSPS) is 15.7. The highest BCUT2D eigenvalue weighted by Gasteiger charge is 2.33. The monoisotopic (exact) mass is 445 g/mol. The Morgan fingerprint density at radius 3 is 2.16 bits per heavy atom. The number of aryl methyl sites for hydroxylation is 4. The van der Waals surface area contributed by atoms with Gasteiger partial charge in [-0.05, 0) is 79.8 Å². The molecule has 1 aliphatic carbocycles. The molecule has 0 spiro atoms. The number of anilines is 2. The van der Waals surface area contributed by atoms with Crippen LogP contribution in [0.4, 0.5) is 11.4 Å². The average molecular weight is 446 g/mol. The zero-order chi connectivity index (χ0) is 22.1. The Balaban J connectivity index is 1.45. The molecule has 0 bridgehead atoms. The van der Waals surface area contributed by atoms with Crippen LogP contribution in [-0.4, -0.2) is 18.0 Å². The number of para-hydroxylation sites is 2. The largest absolute Gasteiger partial charge is 0.448 e.